The van der Waals surface area contributed by atoms with Crippen molar-refractivity contribution in [2.45, 2.75) is 32.6 Å². The summed E-state index contributed by atoms with van der Waals surface area (Å²) in [4.78, 5) is 5.54. The molecule has 6 nitrogen and oxygen atoms in total. The Morgan fingerprint density at radius 3 is 2.27 bits per heavy atom. The van der Waals surface area contributed by atoms with E-state index in [0.717, 1.165) is 16.8 Å². The van der Waals surface area contributed by atoms with Gasteiger partial charge in [-0.3, -0.25) is 0 Å². The highest BCUT2D eigenvalue weighted by molar-refractivity contribution is 6.12. The quantitative estimate of drug-likeness (QED) is 0.501. The van der Waals surface area contributed by atoms with E-state index < -0.39 is 6.10 Å². The second kappa shape index (κ2) is 8.92. The summed E-state index contributed by atoms with van der Waals surface area (Å²) < 4.78 is 1.62. The average molecular weight is 350 g/mol. The van der Waals surface area contributed by atoms with E-state index in [-0.39, 0.29) is 6.61 Å². The first-order chi connectivity index (χ1) is 12.8. The lowest BCUT2D eigenvalue weighted by Crippen LogP contribution is -2.15. The number of benzene rings is 2. The summed E-state index contributed by atoms with van der Waals surface area (Å²) in [6.07, 6.45) is 2.01. The first kappa shape index (κ1) is 17.8. The highest BCUT2D eigenvalue weighted by Gasteiger charge is 2.09. The smallest absolute Gasteiger partial charge is 0.162 e. The van der Waals surface area contributed by atoms with Crippen LogP contribution in [0.5, 0.6) is 0 Å². The molecule has 1 atom stereocenters. The van der Waals surface area contributed by atoms with E-state index in [1.807, 2.05) is 67.6 Å². The first-order valence-electron chi connectivity index (χ1n) is 8.64. The third-order valence-electron chi connectivity index (χ3n) is 3.92. The summed E-state index contributed by atoms with van der Waals surface area (Å²) in [6.45, 7) is 2.56. The maximum atomic E-state index is 9.68. The minimum atomic E-state index is -0.425. The molecular weight excluding hydrogens is 328 g/mol. The fraction of sp³-hybridized carbons (Fsp3) is 0.250. The van der Waals surface area contributed by atoms with Crippen molar-refractivity contribution in [2.24, 2.45) is 5.16 Å². The molecule has 1 unspecified atom stereocenters. The molecule has 1 N–H and O–H groups in total. The van der Waals surface area contributed by atoms with Gasteiger partial charge in [0.05, 0.1) is 18.8 Å². The number of aliphatic hydroxyl groups is 1. The Hall–Kier alpha value is -2.99. The Labute approximate surface area is 152 Å². The van der Waals surface area contributed by atoms with Crippen LogP contribution in [0.3, 0.4) is 0 Å². The maximum absolute atomic E-state index is 9.68. The van der Waals surface area contributed by atoms with E-state index in [0.29, 0.717) is 18.7 Å². The molecule has 134 valence electrons. The monoisotopic (exact) mass is 350 g/mol. The zero-order valence-corrected chi connectivity index (χ0v) is 14.7. The number of aliphatic hydroxyl groups excluding tert-OH is 1. The van der Waals surface area contributed by atoms with E-state index >= 15 is 0 Å². The Bertz CT molecular complexity index is 790. The van der Waals surface area contributed by atoms with Crippen molar-refractivity contribution in [3.05, 3.63) is 83.7 Å². The largest absolute Gasteiger partial charge is 0.391 e. The van der Waals surface area contributed by atoms with Crippen molar-refractivity contribution in [3.63, 3.8) is 0 Å². The zero-order chi connectivity index (χ0) is 18.2. The number of rotatable bonds is 8. The van der Waals surface area contributed by atoms with Gasteiger partial charge in [-0.1, -0.05) is 78.0 Å². The lowest BCUT2D eigenvalue weighted by molar-refractivity contribution is 0.128. The van der Waals surface area contributed by atoms with E-state index in [2.05, 4.69) is 15.5 Å². The lowest BCUT2D eigenvalue weighted by atomic mass is 10.0. The van der Waals surface area contributed by atoms with Crippen LogP contribution >= 0.6 is 0 Å². The highest BCUT2D eigenvalue weighted by Crippen LogP contribution is 2.12. The fourth-order valence-corrected chi connectivity index (χ4v) is 2.47. The standard InChI is InChI=1S/C20H22N4O2/c1-2-19(25)14-24-13-18(21-23-24)15-26-22-20(16-9-5-3-6-10-16)17-11-7-4-8-12-17/h3-13,19,25H,2,14-15H2,1H3. The number of oxime groups is 1. The molecule has 26 heavy (non-hydrogen) atoms. The molecule has 0 bridgehead atoms. The molecular formula is C20H22N4O2. The highest BCUT2D eigenvalue weighted by atomic mass is 16.6. The maximum Gasteiger partial charge on any atom is 0.162 e. The molecule has 0 aliphatic rings. The molecule has 0 saturated carbocycles. The van der Waals surface area contributed by atoms with Gasteiger partial charge in [0.1, 0.15) is 11.4 Å². The molecule has 2 aromatic carbocycles. The molecule has 6 heteroatoms. The van der Waals surface area contributed by atoms with Crippen LogP contribution < -0.4 is 0 Å². The van der Waals surface area contributed by atoms with Crippen molar-refractivity contribution < 1.29 is 9.94 Å². The van der Waals surface area contributed by atoms with Gasteiger partial charge in [0.2, 0.25) is 0 Å². The summed E-state index contributed by atoms with van der Waals surface area (Å²) in [5.74, 6) is 0. The summed E-state index contributed by atoms with van der Waals surface area (Å²) in [5.41, 5.74) is 3.39. The van der Waals surface area contributed by atoms with Gasteiger partial charge in [0, 0.05) is 11.1 Å². The molecule has 0 aliphatic heterocycles. The van der Waals surface area contributed by atoms with Crippen molar-refractivity contribution in [1.82, 2.24) is 15.0 Å². The number of aromatic nitrogens is 3. The van der Waals surface area contributed by atoms with Crippen LogP contribution in [-0.4, -0.2) is 31.9 Å². The molecule has 0 spiro atoms. The van der Waals surface area contributed by atoms with Gasteiger partial charge in [-0.2, -0.15) is 0 Å². The van der Waals surface area contributed by atoms with Gasteiger partial charge < -0.3 is 9.94 Å². The Balaban J connectivity index is 1.71. The van der Waals surface area contributed by atoms with Gasteiger partial charge in [0.25, 0.3) is 0 Å². The van der Waals surface area contributed by atoms with E-state index in [1.54, 1.807) is 10.9 Å². The third-order valence-corrected chi connectivity index (χ3v) is 3.92. The van der Waals surface area contributed by atoms with Crippen LogP contribution in [0.4, 0.5) is 0 Å². The predicted molar refractivity (Wildman–Crippen MR) is 99.6 cm³/mol. The predicted octanol–water partition coefficient (Wildman–Crippen LogP) is 3.02. The van der Waals surface area contributed by atoms with Crippen LogP contribution in [-0.2, 0) is 18.0 Å². The van der Waals surface area contributed by atoms with Crippen LogP contribution in [0.2, 0.25) is 0 Å². The minimum Gasteiger partial charge on any atom is -0.391 e. The fourth-order valence-electron chi connectivity index (χ4n) is 2.47. The van der Waals surface area contributed by atoms with Crippen molar-refractivity contribution >= 4 is 5.71 Å². The van der Waals surface area contributed by atoms with Crippen LogP contribution in [0.15, 0.2) is 72.0 Å². The van der Waals surface area contributed by atoms with Crippen molar-refractivity contribution in [3.8, 4) is 0 Å². The van der Waals surface area contributed by atoms with Gasteiger partial charge in [-0.15, -0.1) is 5.10 Å². The molecule has 0 aliphatic carbocycles. The average Bonchev–Trinajstić information content (AvgIpc) is 3.13. The minimum absolute atomic E-state index is 0.214. The summed E-state index contributed by atoms with van der Waals surface area (Å²) in [5, 5.41) is 22.1. The van der Waals surface area contributed by atoms with Crippen LogP contribution in [0.1, 0.15) is 30.2 Å². The lowest BCUT2D eigenvalue weighted by Gasteiger charge is -2.07. The summed E-state index contributed by atoms with van der Waals surface area (Å²) in [7, 11) is 0. The topological polar surface area (TPSA) is 72.5 Å². The van der Waals surface area contributed by atoms with Crippen LogP contribution in [0.25, 0.3) is 0 Å². The van der Waals surface area contributed by atoms with Gasteiger partial charge >= 0.3 is 0 Å². The molecule has 0 radical (unpaired) electrons. The van der Waals surface area contributed by atoms with E-state index in [4.69, 9.17) is 4.84 Å². The number of hydrogen-bond donors (Lipinski definition) is 1. The molecule has 0 saturated heterocycles. The summed E-state index contributed by atoms with van der Waals surface area (Å²) >= 11 is 0. The number of hydrogen-bond acceptors (Lipinski definition) is 5. The van der Waals surface area contributed by atoms with Gasteiger partial charge in [-0.05, 0) is 6.42 Å². The molecule has 3 rings (SSSR count). The van der Waals surface area contributed by atoms with Crippen molar-refractivity contribution in [1.29, 1.82) is 0 Å². The zero-order valence-electron chi connectivity index (χ0n) is 14.7. The summed E-state index contributed by atoms with van der Waals surface area (Å²) in [6, 6.07) is 19.8. The SMILES string of the molecule is CCC(O)Cn1cc(CON=C(c2ccccc2)c2ccccc2)nn1. The second-order valence-corrected chi connectivity index (χ2v) is 5.94. The van der Waals surface area contributed by atoms with Crippen LogP contribution in [0, 0.1) is 0 Å². The molecule has 1 heterocycles. The normalized spacial score (nSPS) is 11.8. The number of nitrogens with zero attached hydrogens (tertiary/aromatic N) is 4. The van der Waals surface area contributed by atoms with Gasteiger partial charge in [0.15, 0.2) is 6.61 Å². The second-order valence-electron chi connectivity index (χ2n) is 5.94. The molecule has 3 aromatic rings. The van der Waals surface area contributed by atoms with E-state index in [1.165, 1.54) is 0 Å². The first-order valence-corrected chi connectivity index (χ1v) is 8.64. The Morgan fingerprint density at radius 1 is 1.08 bits per heavy atom. The van der Waals surface area contributed by atoms with Gasteiger partial charge in [-0.25, -0.2) is 4.68 Å². The molecule has 1 aromatic heterocycles. The molecule has 0 fully saturated rings. The Morgan fingerprint density at radius 2 is 1.69 bits per heavy atom. The Kier molecular flexibility index (Phi) is 6.11. The van der Waals surface area contributed by atoms with Crippen molar-refractivity contribution in [2.75, 3.05) is 0 Å². The third kappa shape index (κ3) is 4.77. The molecule has 0 amide bonds. The van der Waals surface area contributed by atoms with E-state index in [9.17, 15) is 5.11 Å².